The molecule has 0 bridgehead atoms. The van der Waals surface area contributed by atoms with Gasteiger partial charge >= 0.3 is 0 Å². The van der Waals surface area contributed by atoms with E-state index in [2.05, 4.69) is 5.32 Å². The average Bonchev–Trinajstić information content (AvgIpc) is 3.55. The molecule has 7 nitrogen and oxygen atoms in total. The molecule has 7 heteroatoms. The standard InChI is InChI=1S/C37H32N2O5/c1-3-21-44-25-13-10-12-24(22-25)33(40)31-32(34(41)27-15-6-9-18-30(27)43-2)39-20-19-23-11-4-5-14-26(23)35(39)37(31)28-16-7-8-17-29(28)38-36(37)42/h4-20,22,31-32,35H,3,21H2,1-2H3,(H,38,42). The number of ketones is 2. The number of Topliss-reactive ketones (excluding diaryl/α,β-unsaturated/α-hetero) is 2. The molecule has 1 amide bonds. The molecule has 0 aliphatic carbocycles. The fraction of sp³-hybridized carbons (Fsp3) is 0.216. The highest BCUT2D eigenvalue weighted by Gasteiger charge is 2.70. The molecule has 4 aromatic carbocycles. The van der Waals surface area contributed by atoms with Crippen LogP contribution >= 0.6 is 0 Å². The van der Waals surface area contributed by atoms with E-state index < -0.39 is 23.4 Å². The van der Waals surface area contributed by atoms with E-state index in [0.29, 0.717) is 40.5 Å². The van der Waals surface area contributed by atoms with E-state index in [0.717, 1.165) is 17.5 Å². The number of carbonyl (C=O) groups is 3. The summed E-state index contributed by atoms with van der Waals surface area (Å²) in [4.78, 5) is 46.5. The van der Waals surface area contributed by atoms with Crippen LogP contribution in [0.3, 0.4) is 0 Å². The van der Waals surface area contributed by atoms with Gasteiger partial charge in [0, 0.05) is 17.5 Å². The average molecular weight is 585 g/mol. The fourth-order valence-corrected chi connectivity index (χ4v) is 7.31. The molecule has 7 rings (SSSR count). The molecule has 4 aromatic rings. The van der Waals surface area contributed by atoms with Gasteiger partial charge in [-0.25, -0.2) is 0 Å². The molecule has 4 unspecified atom stereocenters. The van der Waals surface area contributed by atoms with E-state index in [1.165, 1.54) is 7.11 Å². The lowest BCUT2D eigenvalue weighted by Gasteiger charge is -2.38. The van der Waals surface area contributed by atoms with Crippen molar-refractivity contribution in [2.45, 2.75) is 30.8 Å². The number of methoxy groups -OCH3 is 1. The van der Waals surface area contributed by atoms with E-state index in [9.17, 15) is 9.59 Å². The van der Waals surface area contributed by atoms with Crippen LogP contribution in [0.4, 0.5) is 5.69 Å². The van der Waals surface area contributed by atoms with Crippen LogP contribution in [0.5, 0.6) is 11.5 Å². The van der Waals surface area contributed by atoms with Crippen LogP contribution < -0.4 is 14.8 Å². The summed E-state index contributed by atoms with van der Waals surface area (Å²) < 4.78 is 11.5. The highest BCUT2D eigenvalue weighted by Crippen LogP contribution is 2.62. The molecule has 1 spiro atoms. The maximum Gasteiger partial charge on any atom is 0.238 e. The Balaban J connectivity index is 1.51. The molecular weight excluding hydrogens is 552 g/mol. The Morgan fingerprint density at radius 1 is 0.909 bits per heavy atom. The first-order valence-electron chi connectivity index (χ1n) is 14.9. The maximum atomic E-state index is 15.1. The second kappa shape index (κ2) is 10.8. The number of hydrogen-bond donors (Lipinski definition) is 1. The van der Waals surface area contributed by atoms with Gasteiger partial charge in [0.05, 0.1) is 31.2 Å². The minimum atomic E-state index is -1.41. The molecule has 1 saturated heterocycles. The van der Waals surface area contributed by atoms with Gasteiger partial charge in [0.1, 0.15) is 23.0 Å². The highest BCUT2D eigenvalue weighted by molar-refractivity contribution is 6.17. The molecule has 44 heavy (non-hydrogen) atoms. The predicted molar refractivity (Wildman–Crippen MR) is 168 cm³/mol. The summed E-state index contributed by atoms with van der Waals surface area (Å²) in [5, 5.41) is 3.09. The number of rotatable bonds is 8. The molecule has 220 valence electrons. The Bertz CT molecular complexity index is 1830. The van der Waals surface area contributed by atoms with E-state index in [4.69, 9.17) is 9.47 Å². The molecule has 3 heterocycles. The van der Waals surface area contributed by atoms with Crippen molar-refractivity contribution in [1.82, 2.24) is 4.90 Å². The summed E-state index contributed by atoms with van der Waals surface area (Å²) in [5.41, 5.74) is 2.51. The number of amides is 1. The molecule has 0 radical (unpaired) electrons. The number of benzene rings is 4. The summed E-state index contributed by atoms with van der Waals surface area (Å²) in [7, 11) is 1.52. The monoisotopic (exact) mass is 584 g/mol. The van der Waals surface area contributed by atoms with Crippen LogP contribution in [-0.2, 0) is 10.2 Å². The number of nitrogens with one attached hydrogen (secondary N) is 1. The Morgan fingerprint density at radius 3 is 2.52 bits per heavy atom. The number of anilines is 1. The lowest BCUT2D eigenvalue weighted by Crippen LogP contribution is -2.49. The Hall–Kier alpha value is -5.17. The summed E-state index contributed by atoms with van der Waals surface area (Å²) in [5.74, 6) is -0.989. The lowest BCUT2D eigenvalue weighted by atomic mass is 9.62. The zero-order chi connectivity index (χ0) is 30.4. The van der Waals surface area contributed by atoms with Gasteiger partial charge in [-0.3, -0.25) is 14.4 Å². The molecule has 0 saturated carbocycles. The molecule has 0 aromatic heterocycles. The fourth-order valence-electron chi connectivity index (χ4n) is 7.31. The Labute approximate surface area is 256 Å². The van der Waals surface area contributed by atoms with Crippen LogP contribution in [0.1, 0.15) is 56.8 Å². The summed E-state index contributed by atoms with van der Waals surface area (Å²) in [6.07, 6.45) is 4.64. The third-order valence-corrected chi connectivity index (χ3v) is 9.09. The lowest BCUT2D eigenvalue weighted by molar-refractivity contribution is -0.122. The quantitative estimate of drug-likeness (QED) is 0.239. The number of fused-ring (bicyclic) bond motifs is 6. The van der Waals surface area contributed by atoms with Crippen molar-refractivity contribution in [2.24, 2.45) is 5.92 Å². The number of carbonyl (C=O) groups excluding carboxylic acids is 3. The van der Waals surface area contributed by atoms with Crippen LogP contribution in [0, 0.1) is 5.92 Å². The molecule has 3 aliphatic heterocycles. The third-order valence-electron chi connectivity index (χ3n) is 9.09. The Morgan fingerprint density at radius 2 is 1.68 bits per heavy atom. The van der Waals surface area contributed by atoms with Crippen LogP contribution in [0.25, 0.3) is 6.08 Å². The van der Waals surface area contributed by atoms with Gasteiger partial charge in [-0.2, -0.15) is 0 Å². The highest BCUT2D eigenvalue weighted by atomic mass is 16.5. The maximum absolute atomic E-state index is 15.1. The van der Waals surface area contributed by atoms with Crippen LogP contribution in [0.2, 0.25) is 0 Å². The van der Waals surface area contributed by atoms with Crippen molar-refractivity contribution in [1.29, 1.82) is 0 Å². The first-order valence-corrected chi connectivity index (χ1v) is 14.9. The molecule has 1 N–H and O–H groups in total. The predicted octanol–water partition coefficient (Wildman–Crippen LogP) is 6.47. The van der Waals surface area contributed by atoms with Crippen molar-refractivity contribution < 1.29 is 23.9 Å². The van der Waals surface area contributed by atoms with Gasteiger partial charge in [0.25, 0.3) is 0 Å². The minimum absolute atomic E-state index is 0.290. The molecule has 3 aliphatic rings. The Kier molecular flexibility index (Phi) is 6.81. The first kappa shape index (κ1) is 27.7. The summed E-state index contributed by atoms with van der Waals surface area (Å²) in [6.45, 7) is 2.52. The molecule has 4 atom stereocenters. The molecular formula is C37H32N2O5. The van der Waals surface area contributed by atoms with Crippen molar-refractivity contribution in [2.75, 3.05) is 19.0 Å². The number of ether oxygens (including phenoxy) is 2. The van der Waals surface area contributed by atoms with Crippen LogP contribution in [0.15, 0.2) is 103 Å². The van der Waals surface area contributed by atoms with Crippen molar-refractivity contribution >= 4 is 29.2 Å². The van der Waals surface area contributed by atoms with Gasteiger partial charge < -0.3 is 19.7 Å². The second-order valence-corrected chi connectivity index (χ2v) is 11.4. The number of hydrogen-bond acceptors (Lipinski definition) is 6. The van der Waals surface area contributed by atoms with Gasteiger partial charge in [0.15, 0.2) is 11.6 Å². The van der Waals surface area contributed by atoms with Crippen molar-refractivity contribution in [3.63, 3.8) is 0 Å². The van der Waals surface area contributed by atoms with Crippen molar-refractivity contribution in [3.05, 3.63) is 131 Å². The van der Waals surface area contributed by atoms with Gasteiger partial charge in [-0.15, -0.1) is 0 Å². The third kappa shape index (κ3) is 3.99. The summed E-state index contributed by atoms with van der Waals surface area (Å²) in [6, 6.07) is 27.8. The van der Waals surface area contributed by atoms with E-state index >= 15 is 4.79 Å². The zero-order valence-corrected chi connectivity index (χ0v) is 24.5. The molecule has 1 fully saturated rings. The van der Waals surface area contributed by atoms with Crippen molar-refractivity contribution in [3.8, 4) is 11.5 Å². The first-order chi connectivity index (χ1) is 21.5. The summed E-state index contributed by atoms with van der Waals surface area (Å²) >= 11 is 0. The van der Waals surface area contributed by atoms with E-state index in [1.807, 2.05) is 78.7 Å². The van der Waals surface area contributed by atoms with Gasteiger partial charge in [0.2, 0.25) is 5.91 Å². The normalized spacial score (nSPS) is 22.6. The van der Waals surface area contributed by atoms with E-state index in [-0.39, 0.29) is 17.5 Å². The zero-order valence-electron chi connectivity index (χ0n) is 24.5. The number of para-hydroxylation sites is 2. The van der Waals surface area contributed by atoms with Gasteiger partial charge in [-0.05, 0) is 59.5 Å². The van der Waals surface area contributed by atoms with Gasteiger partial charge in [-0.1, -0.05) is 73.7 Å². The minimum Gasteiger partial charge on any atom is -0.496 e. The van der Waals surface area contributed by atoms with E-state index in [1.54, 1.807) is 42.5 Å². The SMILES string of the molecule is CCCOc1cccc(C(=O)C2C(C(=O)c3ccccc3OC)N3C=Cc4ccccc4C3C23C(=O)Nc2ccccc23)c1. The number of nitrogens with zero attached hydrogens (tertiary/aromatic N) is 1. The second-order valence-electron chi connectivity index (χ2n) is 11.4. The topological polar surface area (TPSA) is 84.9 Å². The smallest absolute Gasteiger partial charge is 0.238 e. The largest absolute Gasteiger partial charge is 0.496 e. The van der Waals surface area contributed by atoms with Crippen LogP contribution in [-0.4, -0.2) is 42.1 Å².